The number of halogens is 1. The van der Waals surface area contributed by atoms with Gasteiger partial charge < -0.3 is 15.8 Å². The first-order valence-corrected chi connectivity index (χ1v) is 7.75. The average Bonchev–Trinajstić information content (AvgIpc) is 2.73. The third kappa shape index (κ3) is 3.59. The maximum atomic E-state index is 6.08. The lowest BCUT2D eigenvalue weighted by molar-refractivity contribution is 0.0615. The van der Waals surface area contributed by atoms with Gasteiger partial charge in [0.2, 0.25) is 0 Å². The van der Waals surface area contributed by atoms with Crippen molar-refractivity contribution in [3.8, 4) is 0 Å². The summed E-state index contributed by atoms with van der Waals surface area (Å²) in [6.45, 7) is 7.10. The van der Waals surface area contributed by atoms with Gasteiger partial charge in [0.1, 0.15) is 0 Å². The second-order valence-corrected chi connectivity index (χ2v) is 6.89. The number of benzene rings is 1. The molecule has 3 N–H and O–H groups in total. The largest absolute Gasteiger partial charge is 0.380 e. The van der Waals surface area contributed by atoms with E-state index in [9.17, 15) is 0 Å². The van der Waals surface area contributed by atoms with E-state index in [1.165, 1.54) is 29.5 Å². The highest BCUT2D eigenvalue weighted by Crippen LogP contribution is 2.38. The molecule has 0 amide bonds. The molecule has 1 aliphatic heterocycles. The smallest absolute Gasteiger partial charge is 0.0632 e. The molecule has 118 valence electrons. The summed E-state index contributed by atoms with van der Waals surface area (Å²) >= 11 is 0. The summed E-state index contributed by atoms with van der Waals surface area (Å²) in [5, 5.41) is 3.59. The minimum absolute atomic E-state index is 0. The summed E-state index contributed by atoms with van der Waals surface area (Å²) in [6.07, 6.45) is 3.50. The van der Waals surface area contributed by atoms with Gasteiger partial charge in [-0.3, -0.25) is 0 Å². The molecule has 2 atom stereocenters. The molecule has 1 aromatic rings. The highest BCUT2D eigenvalue weighted by Gasteiger charge is 2.29. The van der Waals surface area contributed by atoms with E-state index < -0.39 is 0 Å². The van der Waals surface area contributed by atoms with Crippen LogP contribution in [0.5, 0.6) is 0 Å². The van der Waals surface area contributed by atoms with Crippen molar-refractivity contribution in [1.82, 2.24) is 5.32 Å². The van der Waals surface area contributed by atoms with Crippen molar-refractivity contribution in [2.24, 2.45) is 5.73 Å². The lowest BCUT2D eigenvalue weighted by atomic mass is 9.86. The molecule has 3 nitrogen and oxygen atoms in total. The van der Waals surface area contributed by atoms with Gasteiger partial charge in [-0.15, -0.1) is 12.4 Å². The molecule has 1 heterocycles. The molecular weight excluding hydrogens is 284 g/mol. The molecule has 0 unspecified atom stereocenters. The molecule has 1 aromatic carbocycles. The van der Waals surface area contributed by atoms with E-state index in [1.807, 2.05) is 0 Å². The zero-order valence-electron chi connectivity index (χ0n) is 13.0. The van der Waals surface area contributed by atoms with Gasteiger partial charge >= 0.3 is 0 Å². The molecule has 1 saturated heterocycles. The first-order valence-electron chi connectivity index (χ1n) is 7.75. The topological polar surface area (TPSA) is 47.3 Å². The van der Waals surface area contributed by atoms with Gasteiger partial charge in [-0.25, -0.2) is 0 Å². The zero-order valence-corrected chi connectivity index (χ0v) is 13.8. The minimum Gasteiger partial charge on any atom is -0.380 e. The molecule has 3 rings (SSSR count). The fraction of sp³-hybridized carbons (Fsp3) is 0.647. The number of fused-ring (bicyclic) bond motifs is 1. The van der Waals surface area contributed by atoms with E-state index in [0.717, 1.165) is 19.6 Å². The van der Waals surface area contributed by atoms with E-state index in [0.29, 0.717) is 18.1 Å². The Hall–Kier alpha value is -0.610. The number of hydrogen-bond acceptors (Lipinski definition) is 3. The Morgan fingerprint density at radius 2 is 2.19 bits per heavy atom. The number of ether oxygens (including phenoxy) is 1. The van der Waals surface area contributed by atoms with Crippen molar-refractivity contribution in [1.29, 1.82) is 0 Å². The third-order valence-electron chi connectivity index (χ3n) is 4.89. The number of nitrogens with one attached hydrogen (secondary N) is 1. The second kappa shape index (κ2) is 6.66. The molecule has 0 spiro atoms. The molecule has 0 radical (unpaired) electrons. The van der Waals surface area contributed by atoms with E-state index >= 15 is 0 Å². The summed E-state index contributed by atoms with van der Waals surface area (Å²) in [5.41, 5.74) is 10.9. The van der Waals surface area contributed by atoms with Crippen LogP contribution in [0.25, 0.3) is 0 Å². The van der Waals surface area contributed by atoms with Gasteiger partial charge in [-0.05, 0) is 41.4 Å². The Morgan fingerprint density at radius 3 is 2.95 bits per heavy atom. The second-order valence-electron chi connectivity index (χ2n) is 6.89. The van der Waals surface area contributed by atoms with Crippen LogP contribution in [0, 0.1) is 0 Å². The first kappa shape index (κ1) is 16.8. The van der Waals surface area contributed by atoms with Crippen LogP contribution in [0.3, 0.4) is 0 Å². The van der Waals surface area contributed by atoms with Crippen molar-refractivity contribution in [3.05, 3.63) is 34.9 Å². The summed E-state index contributed by atoms with van der Waals surface area (Å²) in [5.74, 6) is 0. The number of rotatable bonds is 3. The zero-order chi connectivity index (χ0) is 14.2. The van der Waals surface area contributed by atoms with Crippen molar-refractivity contribution >= 4 is 12.4 Å². The predicted octanol–water partition coefficient (Wildman–Crippen LogP) is 2.54. The van der Waals surface area contributed by atoms with Crippen LogP contribution < -0.4 is 11.1 Å². The summed E-state index contributed by atoms with van der Waals surface area (Å²) in [4.78, 5) is 0. The molecule has 1 fully saturated rings. The minimum atomic E-state index is 0. The van der Waals surface area contributed by atoms with Crippen LogP contribution in [0.2, 0.25) is 0 Å². The van der Waals surface area contributed by atoms with Gasteiger partial charge in [0, 0.05) is 25.2 Å². The average molecular weight is 311 g/mol. The standard InChI is InChI=1S/C17H26N2O.ClH/c1-17(2)7-5-13-9-12(3-4-14(13)17)10-19-16-6-8-20-11-15(16)18;/h3-4,9,15-16,19H,5-8,10-11,18H2,1-2H3;1H/t15-,16+;/m0./s1. The van der Waals surface area contributed by atoms with Gasteiger partial charge in [0.25, 0.3) is 0 Å². The van der Waals surface area contributed by atoms with E-state index in [4.69, 9.17) is 10.5 Å². The molecule has 4 heteroatoms. The van der Waals surface area contributed by atoms with Crippen LogP contribution in [0.4, 0.5) is 0 Å². The van der Waals surface area contributed by atoms with Crippen molar-refractivity contribution < 1.29 is 4.74 Å². The van der Waals surface area contributed by atoms with Gasteiger partial charge in [-0.1, -0.05) is 32.0 Å². The normalized spacial score (nSPS) is 27.0. The Morgan fingerprint density at radius 1 is 1.38 bits per heavy atom. The molecule has 0 aromatic heterocycles. The quantitative estimate of drug-likeness (QED) is 0.902. The lowest BCUT2D eigenvalue weighted by Crippen LogP contribution is -2.50. The van der Waals surface area contributed by atoms with Crippen LogP contribution in [0.15, 0.2) is 18.2 Å². The number of nitrogens with two attached hydrogens (primary N) is 1. The molecule has 0 bridgehead atoms. The van der Waals surface area contributed by atoms with Gasteiger partial charge in [0.05, 0.1) is 6.61 Å². The van der Waals surface area contributed by atoms with Crippen molar-refractivity contribution in [3.63, 3.8) is 0 Å². The third-order valence-corrected chi connectivity index (χ3v) is 4.89. The van der Waals surface area contributed by atoms with Crippen LogP contribution in [-0.4, -0.2) is 25.3 Å². The van der Waals surface area contributed by atoms with E-state index in [1.54, 1.807) is 0 Å². The van der Waals surface area contributed by atoms with Crippen molar-refractivity contribution in [2.45, 2.75) is 57.2 Å². The Balaban J connectivity index is 0.00000161. The van der Waals surface area contributed by atoms with Gasteiger partial charge in [-0.2, -0.15) is 0 Å². The highest BCUT2D eigenvalue weighted by atomic mass is 35.5. The molecule has 0 saturated carbocycles. The Labute approximate surface area is 134 Å². The fourth-order valence-corrected chi connectivity index (χ4v) is 3.47. The Kier molecular flexibility index (Phi) is 5.31. The maximum Gasteiger partial charge on any atom is 0.0632 e. The fourth-order valence-electron chi connectivity index (χ4n) is 3.47. The maximum absolute atomic E-state index is 6.08. The van der Waals surface area contributed by atoms with Crippen LogP contribution >= 0.6 is 12.4 Å². The highest BCUT2D eigenvalue weighted by molar-refractivity contribution is 5.85. The van der Waals surface area contributed by atoms with Gasteiger partial charge in [0.15, 0.2) is 0 Å². The van der Waals surface area contributed by atoms with E-state index in [-0.39, 0.29) is 18.4 Å². The summed E-state index contributed by atoms with van der Waals surface area (Å²) < 4.78 is 5.38. The monoisotopic (exact) mass is 310 g/mol. The first-order chi connectivity index (χ1) is 9.56. The van der Waals surface area contributed by atoms with Crippen molar-refractivity contribution in [2.75, 3.05) is 13.2 Å². The molecule has 1 aliphatic carbocycles. The molecule has 21 heavy (non-hydrogen) atoms. The SMILES string of the molecule is CC1(C)CCc2cc(CN[C@@H]3CCOC[C@@H]3N)ccc21.Cl. The Bertz CT molecular complexity index is 490. The summed E-state index contributed by atoms with van der Waals surface area (Å²) in [6, 6.07) is 7.47. The van der Waals surface area contributed by atoms with E-state index in [2.05, 4.69) is 37.4 Å². The van der Waals surface area contributed by atoms with Crippen LogP contribution in [-0.2, 0) is 23.1 Å². The number of aryl methyl sites for hydroxylation is 1. The van der Waals surface area contributed by atoms with Crippen LogP contribution in [0.1, 0.15) is 43.4 Å². The lowest BCUT2D eigenvalue weighted by Gasteiger charge is -2.29. The summed E-state index contributed by atoms with van der Waals surface area (Å²) in [7, 11) is 0. The molecule has 2 aliphatic rings. The number of hydrogen-bond donors (Lipinski definition) is 2. The predicted molar refractivity (Wildman–Crippen MR) is 89.1 cm³/mol. The molecular formula is C17H27ClN2O.